The Morgan fingerprint density at radius 3 is 2.09 bits per heavy atom. The van der Waals surface area contributed by atoms with Crippen molar-refractivity contribution in [2.75, 3.05) is 0 Å². The summed E-state index contributed by atoms with van der Waals surface area (Å²) in [6, 6.07) is 12.0. The fourth-order valence-electron chi connectivity index (χ4n) is 1.00. The van der Waals surface area contributed by atoms with E-state index in [-0.39, 0.29) is 13.5 Å². The summed E-state index contributed by atoms with van der Waals surface area (Å²) in [4.78, 5) is 0. The molecule has 1 rings (SSSR count). The first-order valence-electron chi connectivity index (χ1n) is 3.62. The minimum atomic E-state index is -0.0870. The molecule has 0 spiro atoms. The summed E-state index contributed by atoms with van der Waals surface area (Å²) in [6.07, 6.45) is 0. The molecule has 1 aromatic carbocycles. The van der Waals surface area contributed by atoms with Crippen molar-refractivity contribution in [3.8, 4) is 0 Å². The molecule has 0 aliphatic rings. The Balaban J connectivity index is 0.000001000. The van der Waals surface area contributed by atoms with Crippen molar-refractivity contribution < 1.29 is 4.70 Å². The third-order valence-corrected chi connectivity index (χ3v) is 2.52. The Bertz CT molecular complexity index is 184. The van der Waals surface area contributed by atoms with E-state index in [4.69, 9.17) is 0 Å². The number of rotatable bonds is 2. The number of benzene rings is 1. The van der Waals surface area contributed by atoms with Crippen LogP contribution in [0.15, 0.2) is 30.3 Å². The first-order chi connectivity index (χ1) is 4.79. The molecule has 0 bridgehead atoms. The van der Waals surface area contributed by atoms with Crippen LogP contribution in [0.3, 0.4) is 0 Å². The fourth-order valence-corrected chi connectivity index (χ4v) is 2.06. The quantitative estimate of drug-likeness (QED) is 0.597. The van der Waals surface area contributed by atoms with E-state index in [1.54, 1.807) is 0 Å². The van der Waals surface area contributed by atoms with Gasteiger partial charge in [0.15, 0.2) is 0 Å². The summed E-state index contributed by atoms with van der Waals surface area (Å²) in [5, 5.41) is 0. The average Bonchev–Trinajstić information content (AvgIpc) is 1.88. The molecule has 0 N–H and O–H groups in total. The van der Waals surface area contributed by atoms with E-state index in [1.165, 1.54) is 11.6 Å². The van der Waals surface area contributed by atoms with Crippen molar-refractivity contribution in [1.29, 1.82) is 0 Å². The predicted molar refractivity (Wildman–Crippen MR) is 50.1 cm³/mol. The monoisotopic (exact) mass is 169 g/mol. The van der Waals surface area contributed by atoms with Gasteiger partial charge in [0, 0.05) is 8.80 Å². The van der Waals surface area contributed by atoms with Crippen molar-refractivity contribution in [2.24, 2.45) is 0 Å². The lowest BCUT2D eigenvalue weighted by Gasteiger charge is -2.00. The Labute approximate surface area is 69.2 Å². The third-order valence-electron chi connectivity index (χ3n) is 1.40. The van der Waals surface area contributed by atoms with Gasteiger partial charge in [0.05, 0.1) is 0 Å². The molecule has 1 aromatic rings. The first kappa shape index (κ1) is 10.4. The minimum Gasteiger partial charge on any atom is -0.269 e. The second-order valence-electron chi connectivity index (χ2n) is 2.87. The Kier molecular flexibility index (Phi) is 4.78. The zero-order valence-electron chi connectivity index (χ0n) is 7.00. The van der Waals surface area contributed by atoms with Crippen LogP contribution in [0, 0.1) is 0 Å². The van der Waals surface area contributed by atoms with E-state index in [9.17, 15) is 0 Å². The van der Waals surface area contributed by atoms with Crippen LogP contribution in [0.5, 0.6) is 0 Å². The second-order valence-corrected chi connectivity index (χ2v) is 5.64. The van der Waals surface area contributed by atoms with Gasteiger partial charge in [-0.05, 0) is 6.04 Å². The van der Waals surface area contributed by atoms with E-state index in [1.807, 2.05) is 0 Å². The van der Waals surface area contributed by atoms with Crippen LogP contribution in [0.2, 0.25) is 13.1 Å². The van der Waals surface area contributed by atoms with Crippen LogP contribution in [0.4, 0.5) is 4.70 Å². The summed E-state index contributed by atoms with van der Waals surface area (Å²) in [5.74, 6) is 0. The lowest BCUT2D eigenvalue weighted by Crippen LogP contribution is -2.04. The standard InChI is InChI=1S/C9H13Si.FH/c1-10(2)8-9-6-4-3-5-7-9;/h3-7H,8H2,1-2H3;1H. The maximum absolute atomic E-state index is 2.34. The molecule has 2 heteroatoms. The topological polar surface area (TPSA) is 0 Å². The molecule has 0 unspecified atom stereocenters. The summed E-state index contributed by atoms with van der Waals surface area (Å²) in [7, 11) is -0.0870. The molecular weight excluding hydrogens is 155 g/mol. The molecule has 0 aliphatic carbocycles. The Morgan fingerprint density at radius 2 is 1.64 bits per heavy atom. The van der Waals surface area contributed by atoms with Crippen molar-refractivity contribution >= 4 is 8.80 Å². The summed E-state index contributed by atoms with van der Waals surface area (Å²) in [5.41, 5.74) is 1.49. The SMILES string of the molecule is C[Si](C)Cc1ccccc1.F. The molecule has 0 amide bonds. The van der Waals surface area contributed by atoms with Gasteiger partial charge < -0.3 is 0 Å². The smallest absolute Gasteiger partial charge is 0.0460 e. The molecule has 0 heterocycles. The van der Waals surface area contributed by atoms with Crippen LogP contribution in [0.1, 0.15) is 5.56 Å². The van der Waals surface area contributed by atoms with Crippen LogP contribution in [-0.2, 0) is 6.04 Å². The van der Waals surface area contributed by atoms with Crippen LogP contribution >= 0.6 is 0 Å². The molecule has 0 nitrogen and oxygen atoms in total. The van der Waals surface area contributed by atoms with Crippen molar-refractivity contribution in [3.63, 3.8) is 0 Å². The number of hydrogen-bond acceptors (Lipinski definition) is 0. The Hall–Kier alpha value is -0.633. The van der Waals surface area contributed by atoms with E-state index >= 15 is 0 Å². The molecule has 0 saturated heterocycles. The normalized spacial score (nSPS) is 9.36. The van der Waals surface area contributed by atoms with Gasteiger partial charge in [-0.3, -0.25) is 4.70 Å². The van der Waals surface area contributed by atoms with Crippen molar-refractivity contribution in [1.82, 2.24) is 0 Å². The van der Waals surface area contributed by atoms with E-state index in [0.29, 0.717) is 0 Å². The molecule has 0 aliphatic heterocycles. The zero-order valence-corrected chi connectivity index (χ0v) is 8.00. The van der Waals surface area contributed by atoms with Gasteiger partial charge >= 0.3 is 0 Å². The minimum absolute atomic E-state index is 0. The van der Waals surface area contributed by atoms with Gasteiger partial charge in [0.2, 0.25) is 0 Å². The highest BCUT2D eigenvalue weighted by molar-refractivity contribution is 6.55. The highest BCUT2D eigenvalue weighted by atomic mass is 28.3. The fraction of sp³-hybridized carbons (Fsp3) is 0.333. The summed E-state index contributed by atoms with van der Waals surface area (Å²) < 4.78 is 0. The summed E-state index contributed by atoms with van der Waals surface area (Å²) >= 11 is 0. The van der Waals surface area contributed by atoms with E-state index < -0.39 is 0 Å². The number of hydrogen-bond donors (Lipinski definition) is 0. The maximum Gasteiger partial charge on any atom is 0.0460 e. The van der Waals surface area contributed by atoms with Gasteiger partial charge in [-0.1, -0.05) is 49.0 Å². The highest BCUT2D eigenvalue weighted by Crippen LogP contribution is 2.01. The highest BCUT2D eigenvalue weighted by Gasteiger charge is 1.96. The van der Waals surface area contributed by atoms with Gasteiger partial charge in [-0.2, -0.15) is 0 Å². The third kappa shape index (κ3) is 3.93. The molecular formula is C9H14FSi. The summed E-state index contributed by atoms with van der Waals surface area (Å²) in [6.45, 7) is 4.69. The molecule has 0 saturated carbocycles. The molecule has 61 valence electrons. The van der Waals surface area contributed by atoms with Gasteiger partial charge in [0.25, 0.3) is 0 Å². The van der Waals surface area contributed by atoms with Gasteiger partial charge in [-0.25, -0.2) is 0 Å². The molecule has 11 heavy (non-hydrogen) atoms. The second kappa shape index (κ2) is 5.08. The van der Waals surface area contributed by atoms with Crippen molar-refractivity contribution in [3.05, 3.63) is 35.9 Å². The average molecular weight is 169 g/mol. The lowest BCUT2D eigenvalue weighted by molar-refractivity contribution is 1.11. The largest absolute Gasteiger partial charge is 0.269 e. The van der Waals surface area contributed by atoms with Crippen LogP contribution in [-0.4, -0.2) is 8.80 Å². The lowest BCUT2D eigenvalue weighted by atomic mass is 10.2. The Morgan fingerprint density at radius 1 is 1.09 bits per heavy atom. The van der Waals surface area contributed by atoms with Crippen molar-refractivity contribution in [2.45, 2.75) is 19.1 Å². The van der Waals surface area contributed by atoms with E-state index in [2.05, 4.69) is 43.4 Å². The first-order valence-corrected chi connectivity index (χ1v) is 6.32. The van der Waals surface area contributed by atoms with Crippen LogP contribution < -0.4 is 0 Å². The molecule has 0 atom stereocenters. The van der Waals surface area contributed by atoms with Gasteiger partial charge in [0.1, 0.15) is 0 Å². The number of halogens is 1. The molecule has 0 fully saturated rings. The predicted octanol–water partition coefficient (Wildman–Crippen LogP) is 2.68. The van der Waals surface area contributed by atoms with Gasteiger partial charge in [-0.15, -0.1) is 0 Å². The zero-order chi connectivity index (χ0) is 7.40. The van der Waals surface area contributed by atoms with Crippen LogP contribution in [0.25, 0.3) is 0 Å². The molecule has 1 radical (unpaired) electrons. The molecule has 0 aromatic heterocycles. The maximum atomic E-state index is 2.34. The van der Waals surface area contributed by atoms with E-state index in [0.717, 1.165) is 0 Å².